The van der Waals surface area contributed by atoms with Gasteiger partial charge in [0.2, 0.25) is 10.0 Å². The van der Waals surface area contributed by atoms with Gasteiger partial charge in [0.1, 0.15) is 4.90 Å². The molecule has 0 aliphatic heterocycles. The zero-order chi connectivity index (χ0) is 14.2. The molecule has 0 spiro atoms. The SMILES string of the molecule is CC(C)c1ccn(-c2cccc(S(N)(=O)=O)c2N)n1. The molecule has 4 N–H and O–H groups in total. The summed E-state index contributed by atoms with van der Waals surface area (Å²) in [5, 5.41) is 9.49. The molecule has 6 nitrogen and oxygen atoms in total. The van der Waals surface area contributed by atoms with Crippen molar-refractivity contribution in [3.63, 3.8) is 0 Å². The van der Waals surface area contributed by atoms with Crippen molar-refractivity contribution in [2.75, 3.05) is 5.73 Å². The van der Waals surface area contributed by atoms with E-state index in [0.717, 1.165) is 5.69 Å². The summed E-state index contributed by atoms with van der Waals surface area (Å²) in [4.78, 5) is -0.0911. The Labute approximate surface area is 112 Å². The second-order valence-electron chi connectivity index (χ2n) is 4.57. The van der Waals surface area contributed by atoms with Crippen LogP contribution in [0.1, 0.15) is 25.5 Å². The summed E-state index contributed by atoms with van der Waals surface area (Å²) in [5.74, 6) is 0.281. The molecule has 2 rings (SSSR count). The summed E-state index contributed by atoms with van der Waals surface area (Å²) in [5.41, 5.74) is 7.37. The molecule has 1 aromatic carbocycles. The van der Waals surface area contributed by atoms with Crippen LogP contribution in [-0.4, -0.2) is 18.2 Å². The van der Waals surface area contributed by atoms with Crippen molar-refractivity contribution in [1.29, 1.82) is 0 Å². The van der Waals surface area contributed by atoms with Crippen molar-refractivity contribution in [2.45, 2.75) is 24.7 Å². The van der Waals surface area contributed by atoms with E-state index in [1.165, 1.54) is 6.07 Å². The first-order valence-corrected chi connectivity index (χ1v) is 7.32. The van der Waals surface area contributed by atoms with Gasteiger partial charge in [0.05, 0.1) is 17.1 Å². The second kappa shape index (κ2) is 4.67. The van der Waals surface area contributed by atoms with Crippen molar-refractivity contribution >= 4 is 15.7 Å². The van der Waals surface area contributed by atoms with Gasteiger partial charge in [0, 0.05) is 6.20 Å². The van der Waals surface area contributed by atoms with Crippen molar-refractivity contribution in [3.8, 4) is 5.69 Å². The summed E-state index contributed by atoms with van der Waals surface area (Å²) in [6.45, 7) is 4.05. The second-order valence-corrected chi connectivity index (χ2v) is 6.10. The van der Waals surface area contributed by atoms with Gasteiger partial charge < -0.3 is 5.73 Å². The van der Waals surface area contributed by atoms with Gasteiger partial charge in [-0.1, -0.05) is 19.9 Å². The predicted octanol–water partition coefficient (Wildman–Crippen LogP) is 1.23. The lowest BCUT2D eigenvalue weighted by molar-refractivity contribution is 0.598. The maximum atomic E-state index is 11.4. The number of nitrogens with zero attached hydrogens (tertiary/aromatic N) is 2. The fourth-order valence-electron chi connectivity index (χ4n) is 1.76. The third kappa shape index (κ3) is 2.61. The quantitative estimate of drug-likeness (QED) is 0.825. The van der Waals surface area contributed by atoms with Gasteiger partial charge in [0.25, 0.3) is 0 Å². The van der Waals surface area contributed by atoms with Gasteiger partial charge in [-0.3, -0.25) is 0 Å². The van der Waals surface area contributed by atoms with Crippen LogP contribution in [0.2, 0.25) is 0 Å². The third-order valence-electron chi connectivity index (χ3n) is 2.80. The number of hydrogen-bond acceptors (Lipinski definition) is 4. The zero-order valence-corrected chi connectivity index (χ0v) is 11.6. The number of hydrogen-bond donors (Lipinski definition) is 2. The molecule has 2 aromatic rings. The van der Waals surface area contributed by atoms with Crippen LogP contribution >= 0.6 is 0 Å². The van der Waals surface area contributed by atoms with E-state index < -0.39 is 10.0 Å². The van der Waals surface area contributed by atoms with Crippen LogP contribution in [0.15, 0.2) is 35.4 Å². The molecular formula is C12H16N4O2S. The van der Waals surface area contributed by atoms with Crippen molar-refractivity contribution < 1.29 is 8.42 Å². The molecule has 0 aliphatic rings. The van der Waals surface area contributed by atoms with Crippen LogP contribution < -0.4 is 10.9 Å². The number of primary sulfonamides is 1. The van der Waals surface area contributed by atoms with E-state index in [4.69, 9.17) is 10.9 Å². The van der Waals surface area contributed by atoms with Crippen LogP contribution in [0, 0.1) is 0 Å². The Morgan fingerprint density at radius 1 is 1.26 bits per heavy atom. The first kappa shape index (κ1) is 13.6. The lowest BCUT2D eigenvalue weighted by Gasteiger charge is -2.09. The third-order valence-corrected chi connectivity index (χ3v) is 3.77. The Morgan fingerprint density at radius 3 is 2.47 bits per heavy atom. The van der Waals surface area contributed by atoms with Crippen LogP contribution in [0.5, 0.6) is 0 Å². The molecular weight excluding hydrogens is 264 g/mol. The Hall–Kier alpha value is -1.86. The smallest absolute Gasteiger partial charge is 0.240 e. The number of rotatable bonds is 3. The predicted molar refractivity (Wildman–Crippen MR) is 73.4 cm³/mol. The number of nitrogens with two attached hydrogens (primary N) is 2. The van der Waals surface area contributed by atoms with E-state index in [0.29, 0.717) is 5.69 Å². The normalized spacial score (nSPS) is 12.0. The van der Waals surface area contributed by atoms with E-state index in [1.807, 2.05) is 19.9 Å². The fraction of sp³-hybridized carbons (Fsp3) is 0.250. The molecule has 0 aliphatic carbocycles. The summed E-state index contributed by atoms with van der Waals surface area (Å²) in [6, 6.07) is 6.53. The molecule has 1 aromatic heterocycles. The molecule has 7 heteroatoms. The van der Waals surface area contributed by atoms with E-state index in [9.17, 15) is 8.42 Å². The van der Waals surface area contributed by atoms with Crippen molar-refractivity contribution in [1.82, 2.24) is 9.78 Å². The first-order valence-electron chi connectivity index (χ1n) is 5.78. The summed E-state index contributed by atoms with van der Waals surface area (Å²) in [6.07, 6.45) is 1.74. The summed E-state index contributed by atoms with van der Waals surface area (Å²) in [7, 11) is -3.84. The lowest BCUT2D eigenvalue weighted by atomic mass is 10.1. The zero-order valence-electron chi connectivity index (χ0n) is 10.7. The van der Waals surface area contributed by atoms with Crippen LogP contribution in [0.4, 0.5) is 5.69 Å². The van der Waals surface area contributed by atoms with E-state index in [2.05, 4.69) is 5.10 Å². The molecule has 19 heavy (non-hydrogen) atoms. The van der Waals surface area contributed by atoms with Crippen molar-refractivity contribution in [3.05, 3.63) is 36.2 Å². The van der Waals surface area contributed by atoms with E-state index >= 15 is 0 Å². The van der Waals surface area contributed by atoms with Crippen LogP contribution in [-0.2, 0) is 10.0 Å². The number of aromatic nitrogens is 2. The molecule has 0 amide bonds. The number of sulfonamides is 1. The highest BCUT2D eigenvalue weighted by atomic mass is 32.2. The molecule has 0 fully saturated rings. The molecule has 0 atom stereocenters. The first-order chi connectivity index (χ1) is 8.80. The fourth-order valence-corrected chi connectivity index (χ4v) is 2.44. The highest BCUT2D eigenvalue weighted by Crippen LogP contribution is 2.25. The standard InChI is InChI=1S/C12H16N4O2S/c1-8(2)9-6-7-16(15-9)10-4-3-5-11(12(10)13)19(14,17)18/h3-8H,13H2,1-2H3,(H2,14,17,18). The minimum Gasteiger partial charge on any atom is -0.396 e. The van der Waals surface area contributed by atoms with Gasteiger partial charge in [-0.05, 0) is 24.1 Å². The average molecular weight is 280 g/mol. The minimum atomic E-state index is -3.84. The Kier molecular flexibility index (Phi) is 3.34. The van der Waals surface area contributed by atoms with Gasteiger partial charge >= 0.3 is 0 Å². The van der Waals surface area contributed by atoms with E-state index in [-0.39, 0.29) is 16.5 Å². The molecule has 0 bridgehead atoms. The highest BCUT2D eigenvalue weighted by Gasteiger charge is 2.16. The Balaban J connectivity index is 2.57. The molecule has 0 unspecified atom stereocenters. The minimum absolute atomic E-state index is 0.0911. The van der Waals surface area contributed by atoms with Crippen LogP contribution in [0.25, 0.3) is 5.69 Å². The monoisotopic (exact) mass is 280 g/mol. The van der Waals surface area contributed by atoms with E-state index in [1.54, 1.807) is 23.0 Å². The lowest BCUT2D eigenvalue weighted by Crippen LogP contribution is -2.15. The number of anilines is 1. The molecule has 0 radical (unpaired) electrons. The largest absolute Gasteiger partial charge is 0.396 e. The average Bonchev–Trinajstić information content (AvgIpc) is 2.77. The topological polar surface area (TPSA) is 104 Å². The number of benzene rings is 1. The maximum absolute atomic E-state index is 11.4. The molecule has 0 saturated carbocycles. The van der Waals surface area contributed by atoms with Crippen molar-refractivity contribution in [2.24, 2.45) is 5.14 Å². The van der Waals surface area contributed by atoms with Gasteiger partial charge in [-0.2, -0.15) is 5.10 Å². The molecule has 0 saturated heterocycles. The maximum Gasteiger partial charge on any atom is 0.240 e. The Bertz CT molecular complexity index is 704. The van der Waals surface area contributed by atoms with Gasteiger partial charge in [-0.15, -0.1) is 0 Å². The summed E-state index contributed by atoms with van der Waals surface area (Å²) < 4.78 is 24.4. The van der Waals surface area contributed by atoms with Gasteiger partial charge in [0.15, 0.2) is 0 Å². The highest BCUT2D eigenvalue weighted by molar-refractivity contribution is 7.89. The number of nitrogen functional groups attached to an aromatic ring is 1. The molecule has 1 heterocycles. The van der Waals surface area contributed by atoms with Crippen LogP contribution in [0.3, 0.4) is 0 Å². The Morgan fingerprint density at radius 2 is 1.95 bits per heavy atom. The molecule has 102 valence electrons. The van der Waals surface area contributed by atoms with Gasteiger partial charge in [-0.25, -0.2) is 18.2 Å². The summed E-state index contributed by atoms with van der Waals surface area (Å²) >= 11 is 0. The number of para-hydroxylation sites is 1.